The minimum atomic E-state index is -0.529. The van der Waals surface area contributed by atoms with Gasteiger partial charge in [0.15, 0.2) is 0 Å². The van der Waals surface area contributed by atoms with Gasteiger partial charge in [0.05, 0.1) is 6.61 Å². The molecule has 2 amide bonds. The van der Waals surface area contributed by atoms with E-state index in [9.17, 15) is 9.59 Å². The monoisotopic (exact) mass is 174 g/mol. The van der Waals surface area contributed by atoms with Crippen molar-refractivity contribution in [3.63, 3.8) is 0 Å². The maximum absolute atomic E-state index is 10.8. The third-order valence-corrected chi connectivity index (χ3v) is 1.03. The van der Waals surface area contributed by atoms with E-state index in [0.717, 1.165) is 0 Å². The van der Waals surface area contributed by atoms with Crippen molar-refractivity contribution < 1.29 is 14.3 Å². The lowest BCUT2D eigenvalue weighted by atomic mass is 10.5. The minimum absolute atomic E-state index is 0.195. The molecule has 12 heavy (non-hydrogen) atoms. The van der Waals surface area contributed by atoms with Crippen LogP contribution in [0.25, 0.3) is 0 Å². The van der Waals surface area contributed by atoms with Crippen LogP contribution in [0.15, 0.2) is 0 Å². The first-order valence-electron chi connectivity index (χ1n) is 3.76. The van der Waals surface area contributed by atoms with E-state index < -0.39 is 12.3 Å². The standard InChI is InChI=1S/C7H14N2O3/c1-4-12-7(11)9-5(2)8-6(3)10/h5H,4H2,1-3H3,(H,8,10)(H,9,11). The molecule has 2 N–H and O–H groups in total. The summed E-state index contributed by atoms with van der Waals surface area (Å²) < 4.78 is 4.59. The number of nitrogens with one attached hydrogen (secondary N) is 2. The molecule has 0 spiro atoms. The van der Waals surface area contributed by atoms with Crippen molar-refractivity contribution in [2.24, 2.45) is 0 Å². The van der Waals surface area contributed by atoms with Crippen molar-refractivity contribution >= 4 is 12.0 Å². The fourth-order valence-corrected chi connectivity index (χ4v) is 0.691. The van der Waals surface area contributed by atoms with Gasteiger partial charge in [-0.2, -0.15) is 0 Å². The van der Waals surface area contributed by atoms with Crippen molar-refractivity contribution in [2.45, 2.75) is 26.9 Å². The summed E-state index contributed by atoms with van der Waals surface area (Å²) in [4.78, 5) is 21.2. The van der Waals surface area contributed by atoms with Gasteiger partial charge in [-0.05, 0) is 13.8 Å². The van der Waals surface area contributed by atoms with Crippen LogP contribution in [-0.4, -0.2) is 24.8 Å². The van der Waals surface area contributed by atoms with Crippen LogP contribution in [0.1, 0.15) is 20.8 Å². The molecule has 0 heterocycles. The molecular formula is C7H14N2O3. The highest BCUT2D eigenvalue weighted by Gasteiger charge is 2.06. The molecule has 1 unspecified atom stereocenters. The molecule has 0 aliphatic carbocycles. The van der Waals surface area contributed by atoms with Gasteiger partial charge in [0.2, 0.25) is 5.91 Å². The largest absolute Gasteiger partial charge is 0.450 e. The number of amides is 2. The average molecular weight is 174 g/mol. The number of carbonyl (C=O) groups excluding carboxylic acids is 2. The molecular weight excluding hydrogens is 160 g/mol. The lowest BCUT2D eigenvalue weighted by molar-refractivity contribution is -0.119. The highest BCUT2D eigenvalue weighted by molar-refractivity contribution is 5.74. The van der Waals surface area contributed by atoms with Crippen LogP contribution in [0.5, 0.6) is 0 Å². The summed E-state index contributed by atoms with van der Waals surface area (Å²) >= 11 is 0. The normalized spacial score (nSPS) is 11.6. The molecule has 0 radical (unpaired) electrons. The Morgan fingerprint density at radius 3 is 2.42 bits per heavy atom. The maximum atomic E-state index is 10.8. The highest BCUT2D eigenvalue weighted by atomic mass is 16.5. The summed E-state index contributed by atoms with van der Waals surface area (Å²) in [7, 11) is 0. The Balaban J connectivity index is 3.61. The summed E-state index contributed by atoms with van der Waals surface area (Å²) in [6, 6.07) is 0. The smallest absolute Gasteiger partial charge is 0.408 e. The Labute approximate surface area is 71.5 Å². The van der Waals surface area contributed by atoms with E-state index in [-0.39, 0.29) is 5.91 Å². The van der Waals surface area contributed by atoms with E-state index in [1.54, 1.807) is 13.8 Å². The van der Waals surface area contributed by atoms with Crippen molar-refractivity contribution in [3.05, 3.63) is 0 Å². The van der Waals surface area contributed by atoms with Crippen LogP contribution >= 0.6 is 0 Å². The second-order valence-electron chi connectivity index (χ2n) is 2.29. The number of alkyl carbamates (subject to hydrolysis) is 1. The second kappa shape index (κ2) is 5.40. The molecule has 1 atom stereocenters. The molecule has 0 aromatic heterocycles. The molecule has 70 valence electrons. The third-order valence-electron chi connectivity index (χ3n) is 1.03. The van der Waals surface area contributed by atoms with E-state index in [4.69, 9.17) is 0 Å². The zero-order valence-electron chi connectivity index (χ0n) is 7.51. The van der Waals surface area contributed by atoms with Crippen molar-refractivity contribution in [1.82, 2.24) is 10.6 Å². The summed E-state index contributed by atoms with van der Waals surface area (Å²) in [6.07, 6.45) is -0.930. The molecule has 0 aromatic rings. The van der Waals surface area contributed by atoms with Crippen LogP contribution in [0.2, 0.25) is 0 Å². The van der Waals surface area contributed by atoms with Gasteiger partial charge in [0.1, 0.15) is 6.17 Å². The topological polar surface area (TPSA) is 67.4 Å². The predicted molar refractivity (Wildman–Crippen MR) is 43.4 cm³/mol. The van der Waals surface area contributed by atoms with E-state index in [1.165, 1.54) is 6.92 Å². The van der Waals surface area contributed by atoms with Crippen LogP contribution in [0, 0.1) is 0 Å². The predicted octanol–water partition coefficient (Wildman–Crippen LogP) is 0.215. The molecule has 0 rings (SSSR count). The number of carbonyl (C=O) groups is 2. The zero-order valence-corrected chi connectivity index (χ0v) is 7.51. The average Bonchev–Trinajstić information content (AvgIpc) is 1.84. The van der Waals surface area contributed by atoms with E-state index in [1.807, 2.05) is 0 Å². The Morgan fingerprint density at radius 2 is 2.00 bits per heavy atom. The first-order valence-corrected chi connectivity index (χ1v) is 3.76. The fourth-order valence-electron chi connectivity index (χ4n) is 0.691. The summed E-state index contributed by atoms with van der Waals surface area (Å²) in [5, 5.41) is 4.90. The van der Waals surface area contributed by atoms with Gasteiger partial charge >= 0.3 is 6.09 Å². The molecule has 0 fully saturated rings. The van der Waals surface area contributed by atoms with Crippen LogP contribution < -0.4 is 10.6 Å². The van der Waals surface area contributed by atoms with Crippen LogP contribution in [0.4, 0.5) is 4.79 Å². The molecule has 0 aromatic carbocycles. The molecule has 5 nitrogen and oxygen atoms in total. The lowest BCUT2D eigenvalue weighted by Crippen LogP contribution is -2.45. The molecule has 5 heteroatoms. The van der Waals surface area contributed by atoms with Crippen LogP contribution in [0.3, 0.4) is 0 Å². The van der Waals surface area contributed by atoms with Gasteiger partial charge in [-0.25, -0.2) is 4.79 Å². The second-order valence-corrected chi connectivity index (χ2v) is 2.29. The fraction of sp³-hybridized carbons (Fsp3) is 0.714. The first kappa shape index (κ1) is 10.7. The molecule has 0 saturated heterocycles. The van der Waals surface area contributed by atoms with Crippen molar-refractivity contribution in [2.75, 3.05) is 6.61 Å². The summed E-state index contributed by atoms with van der Waals surface area (Å²) in [5.41, 5.74) is 0. The minimum Gasteiger partial charge on any atom is -0.450 e. The van der Waals surface area contributed by atoms with E-state index in [2.05, 4.69) is 15.4 Å². The Morgan fingerprint density at radius 1 is 1.42 bits per heavy atom. The van der Waals surface area contributed by atoms with Gasteiger partial charge in [0, 0.05) is 6.92 Å². The third kappa shape index (κ3) is 5.52. The van der Waals surface area contributed by atoms with Crippen LogP contribution in [-0.2, 0) is 9.53 Å². The summed E-state index contributed by atoms with van der Waals surface area (Å²) in [6.45, 7) is 5.06. The Bertz CT molecular complexity index is 170. The van der Waals surface area contributed by atoms with Crippen molar-refractivity contribution in [3.8, 4) is 0 Å². The SMILES string of the molecule is CCOC(=O)NC(C)NC(C)=O. The summed E-state index contributed by atoms with van der Waals surface area (Å²) in [5.74, 6) is -0.195. The zero-order chi connectivity index (χ0) is 9.56. The Hall–Kier alpha value is -1.26. The molecule has 0 saturated carbocycles. The van der Waals surface area contributed by atoms with Crippen molar-refractivity contribution in [1.29, 1.82) is 0 Å². The lowest BCUT2D eigenvalue weighted by Gasteiger charge is -2.13. The van der Waals surface area contributed by atoms with Gasteiger partial charge in [-0.3, -0.25) is 4.79 Å². The van der Waals surface area contributed by atoms with Gasteiger partial charge in [-0.15, -0.1) is 0 Å². The van der Waals surface area contributed by atoms with E-state index in [0.29, 0.717) is 6.61 Å². The number of hydrogen-bond acceptors (Lipinski definition) is 3. The van der Waals surface area contributed by atoms with Gasteiger partial charge < -0.3 is 15.4 Å². The highest BCUT2D eigenvalue weighted by Crippen LogP contribution is 1.80. The van der Waals surface area contributed by atoms with Gasteiger partial charge in [-0.1, -0.05) is 0 Å². The Kier molecular flexibility index (Phi) is 4.83. The molecule has 0 aliphatic heterocycles. The number of hydrogen-bond donors (Lipinski definition) is 2. The number of rotatable bonds is 3. The maximum Gasteiger partial charge on any atom is 0.408 e. The number of ether oxygens (including phenoxy) is 1. The van der Waals surface area contributed by atoms with Gasteiger partial charge in [0.25, 0.3) is 0 Å². The quantitative estimate of drug-likeness (QED) is 0.601. The van der Waals surface area contributed by atoms with E-state index >= 15 is 0 Å². The molecule has 0 aliphatic rings. The first-order chi connectivity index (χ1) is 5.56. The molecule has 0 bridgehead atoms.